The molecule has 2 saturated carbocycles. The van der Waals surface area contributed by atoms with E-state index in [9.17, 15) is 18.7 Å². The number of alkyl halides is 2. The summed E-state index contributed by atoms with van der Waals surface area (Å²) in [5, 5.41) is 11.5. The molecule has 4 atom stereocenters. The van der Waals surface area contributed by atoms with Gasteiger partial charge in [-0.05, 0) is 45.1 Å². The van der Waals surface area contributed by atoms with Gasteiger partial charge in [0.15, 0.2) is 0 Å². The van der Waals surface area contributed by atoms with Crippen molar-refractivity contribution in [3.05, 3.63) is 35.9 Å². The number of piperidine rings is 1. The third-order valence-electron chi connectivity index (χ3n) is 8.05. The van der Waals surface area contributed by atoms with Gasteiger partial charge in [0.25, 0.3) is 5.92 Å². The standard InChI is InChI=1S/C23H29F2N3O2/c1-3-4-15-14(2)19(28-13-26-12-18(15)28)16-5-6-22(20(16)29)7-9-27(10-8-22)21(30)17-11-23(17,24)25/h3-4,12-13,16-17,19-20,29H,5-11H2,1-2H3/b4-3-. The van der Waals surface area contributed by atoms with E-state index >= 15 is 0 Å². The number of halogens is 2. The molecule has 4 aliphatic rings. The zero-order valence-corrected chi connectivity index (χ0v) is 17.5. The largest absolute Gasteiger partial charge is 0.392 e. The van der Waals surface area contributed by atoms with Crippen LogP contribution in [0.1, 0.15) is 57.7 Å². The molecule has 3 fully saturated rings. The van der Waals surface area contributed by atoms with E-state index in [4.69, 9.17) is 0 Å². The molecule has 0 radical (unpaired) electrons. The number of allylic oxidation sites excluding steroid dienone is 4. The van der Waals surface area contributed by atoms with Crippen LogP contribution < -0.4 is 0 Å². The van der Waals surface area contributed by atoms with Crippen molar-refractivity contribution in [1.29, 1.82) is 0 Å². The molecule has 0 aromatic carbocycles. The lowest BCUT2D eigenvalue weighted by Crippen LogP contribution is -2.48. The van der Waals surface area contributed by atoms with Crippen LogP contribution in [0.2, 0.25) is 0 Å². The number of carbonyl (C=O) groups excluding carboxylic acids is 1. The lowest BCUT2D eigenvalue weighted by atomic mass is 9.73. The number of hydrogen-bond acceptors (Lipinski definition) is 3. The number of fused-ring (bicyclic) bond motifs is 1. The van der Waals surface area contributed by atoms with Crippen molar-refractivity contribution >= 4 is 11.5 Å². The van der Waals surface area contributed by atoms with Gasteiger partial charge in [0.2, 0.25) is 5.91 Å². The minimum atomic E-state index is -2.82. The zero-order chi connectivity index (χ0) is 21.3. The summed E-state index contributed by atoms with van der Waals surface area (Å²) in [6.45, 7) is 5.08. The van der Waals surface area contributed by atoms with Crippen LogP contribution in [0.5, 0.6) is 0 Å². The van der Waals surface area contributed by atoms with Crippen molar-refractivity contribution in [2.24, 2.45) is 17.3 Å². The van der Waals surface area contributed by atoms with Gasteiger partial charge in [-0.15, -0.1) is 0 Å². The molecule has 1 saturated heterocycles. The maximum absolute atomic E-state index is 13.3. The van der Waals surface area contributed by atoms with Gasteiger partial charge in [0, 0.05) is 36.4 Å². The molecule has 3 heterocycles. The Morgan fingerprint density at radius 1 is 1.30 bits per heavy atom. The first kappa shape index (κ1) is 19.9. The Bertz CT molecular complexity index is 927. The van der Waals surface area contributed by atoms with E-state index in [0.717, 1.165) is 18.5 Å². The fourth-order valence-corrected chi connectivity index (χ4v) is 6.18. The minimum absolute atomic E-state index is 0.0906. The van der Waals surface area contributed by atoms with E-state index in [0.29, 0.717) is 25.9 Å². The number of likely N-dealkylation sites (tertiary alicyclic amines) is 1. The van der Waals surface area contributed by atoms with Crippen LogP contribution in [0.25, 0.3) is 5.57 Å². The molecule has 5 nitrogen and oxygen atoms in total. The normalized spacial score (nSPS) is 34.2. The van der Waals surface area contributed by atoms with Gasteiger partial charge < -0.3 is 14.6 Å². The van der Waals surface area contributed by atoms with Crippen LogP contribution in [-0.4, -0.2) is 50.6 Å². The molecule has 2 aliphatic heterocycles. The molecule has 30 heavy (non-hydrogen) atoms. The van der Waals surface area contributed by atoms with Gasteiger partial charge in [-0.3, -0.25) is 4.79 Å². The number of hydrogen-bond donors (Lipinski definition) is 1. The molecule has 1 aromatic rings. The summed E-state index contributed by atoms with van der Waals surface area (Å²) in [6.07, 6.45) is 10.3. The predicted octanol–water partition coefficient (Wildman–Crippen LogP) is 3.82. The number of aliphatic hydroxyl groups excluding tert-OH is 1. The molecular weight excluding hydrogens is 388 g/mol. The first-order chi connectivity index (χ1) is 14.3. The zero-order valence-electron chi connectivity index (χ0n) is 17.5. The smallest absolute Gasteiger partial charge is 0.260 e. The highest BCUT2D eigenvalue weighted by atomic mass is 19.3. The number of aromatic nitrogens is 2. The van der Waals surface area contributed by atoms with Crippen LogP contribution in [0.3, 0.4) is 0 Å². The van der Waals surface area contributed by atoms with Crippen LogP contribution >= 0.6 is 0 Å². The van der Waals surface area contributed by atoms with Gasteiger partial charge in [0.05, 0.1) is 30.4 Å². The Morgan fingerprint density at radius 3 is 2.63 bits per heavy atom. The van der Waals surface area contributed by atoms with Crippen molar-refractivity contribution in [3.8, 4) is 0 Å². The minimum Gasteiger partial charge on any atom is -0.392 e. The maximum atomic E-state index is 13.3. The highest BCUT2D eigenvalue weighted by Crippen LogP contribution is 2.56. The van der Waals surface area contributed by atoms with Crippen LogP contribution in [0, 0.1) is 17.3 Å². The highest BCUT2D eigenvalue weighted by Gasteiger charge is 2.63. The molecule has 1 spiro atoms. The van der Waals surface area contributed by atoms with Crippen LogP contribution in [-0.2, 0) is 4.79 Å². The number of nitrogens with zero attached hydrogens (tertiary/aromatic N) is 3. The molecule has 7 heteroatoms. The third kappa shape index (κ3) is 2.81. The Balaban J connectivity index is 1.32. The van der Waals surface area contributed by atoms with Gasteiger partial charge in [-0.1, -0.05) is 12.2 Å². The van der Waals surface area contributed by atoms with Crippen molar-refractivity contribution in [2.45, 2.75) is 64.0 Å². The highest BCUT2D eigenvalue weighted by molar-refractivity contribution is 5.83. The quantitative estimate of drug-likeness (QED) is 0.813. The first-order valence-electron chi connectivity index (χ1n) is 11.0. The molecule has 1 aromatic heterocycles. The second-order valence-corrected chi connectivity index (χ2v) is 9.58. The Morgan fingerprint density at radius 2 is 2.00 bits per heavy atom. The predicted molar refractivity (Wildman–Crippen MR) is 109 cm³/mol. The second kappa shape index (κ2) is 6.74. The lowest BCUT2D eigenvalue weighted by molar-refractivity contribution is -0.138. The van der Waals surface area contributed by atoms with Gasteiger partial charge in [-0.2, -0.15) is 0 Å². The number of carbonyl (C=O) groups is 1. The SMILES string of the molecule is C/C=C\C1=C(C)C(C2CCC3(CCN(C(=O)C4CC4(F)F)CC3)C2O)n2cncc21. The molecule has 0 bridgehead atoms. The number of aliphatic hydroxyl groups is 1. The van der Waals surface area contributed by atoms with E-state index in [2.05, 4.69) is 22.6 Å². The molecule has 5 rings (SSSR count). The van der Waals surface area contributed by atoms with E-state index in [1.807, 2.05) is 25.5 Å². The van der Waals surface area contributed by atoms with Gasteiger partial charge in [0.1, 0.15) is 5.92 Å². The first-order valence-corrected chi connectivity index (χ1v) is 11.0. The van der Waals surface area contributed by atoms with Crippen LogP contribution in [0.4, 0.5) is 8.78 Å². The fourth-order valence-electron chi connectivity index (χ4n) is 6.18. The third-order valence-corrected chi connectivity index (χ3v) is 8.05. The van der Waals surface area contributed by atoms with Crippen LogP contribution in [0.15, 0.2) is 30.2 Å². The van der Waals surface area contributed by atoms with Gasteiger partial charge >= 0.3 is 0 Å². The number of rotatable bonds is 3. The summed E-state index contributed by atoms with van der Waals surface area (Å²) < 4.78 is 28.8. The summed E-state index contributed by atoms with van der Waals surface area (Å²) in [7, 11) is 0. The topological polar surface area (TPSA) is 58.4 Å². The van der Waals surface area contributed by atoms with Crippen molar-refractivity contribution in [2.75, 3.05) is 13.1 Å². The van der Waals surface area contributed by atoms with Crippen molar-refractivity contribution in [1.82, 2.24) is 14.5 Å². The van der Waals surface area contributed by atoms with E-state index in [-0.39, 0.29) is 23.8 Å². The average Bonchev–Trinajstić information content (AvgIpc) is 3.02. The Hall–Kier alpha value is -2.02. The van der Waals surface area contributed by atoms with Gasteiger partial charge in [-0.25, -0.2) is 13.8 Å². The van der Waals surface area contributed by atoms with E-state index in [1.165, 1.54) is 11.1 Å². The van der Waals surface area contributed by atoms with E-state index < -0.39 is 23.9 Å². The maximum Gasteiger partial charge on any atom is 0.260 e. The lowest BCUT2D eigenvalue weighted by Gasteiger charge is -2.43. The molecule has 1 amide bonds. The molecule has 2 aliphatic carbocycles. The summed E-state index contributed by atoms with van der Waals surface area (Å²) in [5.41, 5.74) is 3.31. The summed E-state index contributed by atoms with van der Waals surface area (Å²) in [6, 6.07) is 0.0906. The number of imidazole rings is 1. The second-order valence-electron chi connectivity index (χ2n) is 9.58. The summed E-state index contributed by atoms with van der Waals surface area (Å²) >= 11 is 0. The Labute approximate surface area is 175 Å². The Kier molecular flexibility index (Phi) is 4.47. The van der Waals surface area contributed by atoms with E-state index in [1.54, 1.807) is 4.90 Å². The molecule has 162 valence electrons. The summed E-state index contributed by atoms with van der Waals surface area (Å²) in [5.74, 6) is -4.25. The monoisotopic (exact) mass is 417 g/mol. The average molecular weight is 418 g/mol. The molecule has 4 unspecified atom stereocenters. The summed E-state index contributed by atoms with van der Waals surface area (Å²) in [4.78, 5) is 18.3. The molecular formula is C23H29F2N3O2. The van der Waals surface area contributed by atoms with Crippen molar-refractivity contribution < 1.29 is 18.7 Å². The number of amides is 1. The van der Waals surface area contributed by atoms with Crippen molar-refractivity contribution in [3.63, 3.8) is 0 Å². The fraction of sp³-hybridized carbons (Fsp3) is 0.652. The molecule has 1 N–H and O–H groups in total.